The molecule has 1 aromatic heterocycles. The van der Waals surface area contributed by atoms with Gasteiger partial charge in [-0.2, -0.15) is 0 Å². The number of fused-ring (bicyclic) bond motifs is 1. The first-order valence-corrected chi connectivity index (χ1v) is 5.87. The summed E-state index contributed by atoms with van der Waals surface area (Å²) in [7, 11) is 0. The van der Waals surface area contributed by atoms with Gasteiger partial charge in [0.1, 0.15) is 11.4 Å². The molecule has 0 radical (unpaired) electrons. The number of benzene rings is 1. The van der Waals surface area contributed by atoms with Crippen molar-refractivity contribution in [3.8, 4) is 5.75 Å². The van der Waals surface area contributed by atoms with Crippen LogP contribution < -0.4 is 16.0 Å². The van der Waals surface area contributed by atoms with E-state index >= 15 is 0 Å². The molecule has 0 spiro atoms. The minimum absolute atomic E-state index is 0.0278. The number of nitrogens with zero attached hydrogens (tertiary/aromatic N) is 1. The fourth-order valence-corrected chi connectivity index (χ4v) is 1.80. The Balaban J connectivity index is 2.55. The standard InChI is InChI=1S/C13H15F2N3O/c1-7(2)19-8-3-4-10-9(5-8)11(18-16)6-12(17-10)13(14)15/h3-7,13H,16H2,1-2H3,(H,17,18). The number of aromatic nitrogens is 1. The number of hydrogen-bond acceptors (Lipinski definition) is 4. The monoisotopic (exact) mass is 267 g/mol. The van der Waals surface area contributed by atoms with E-state index in [1.165, 1.54) is 6.07 Å². The molecule has 1 aromatic carbocycles. The minimum atomic E-state index is -2.64. The lowest BCUT2D eigenvalue weighted by Crippen LogP contribution is -2.09. The number of ether oxygens (including phenoxy) is 1. The molecule has 4 nitrogen and oxygen atoms in total. The fourth-order valence-electron chi connectivity index (χ4n) is 1.80. The van der Waals surface area contributed by atoms with Crippen molar-refractivity contribution in [2.75, 3.05) is 5.43 Å². The van der Waals surface area contributed by atoms with Crippen molar-refractivity contribution in [1.29, 1.82) is 0 Å². The van der Waals surface area contributed by atoms with Gasteiger partial charge >= 0.3 is 0 Å². The van der Waals surface area contributed by atoms with E-state index in [4.69, 9.17) is 10.6 Å². The summed E-state index contributed by atoms with van der Waals surface area (Å²) in [5, 5.41) is 0.644. The third-order valence-corrected chi connectivity index (χ3v) is 2.55. The molecule has 0 bridgehead atoms. The Morgan fingerprint density at radius 2 is 2.00 bits per heavy atom. The van der Waals surface area contributed by atoms with Crippen molar-refractivity contribution < 1.29 is 13.5 Å². The number of hydrazine groups is 1. The molecule has 0 fully saturated rings. The zero-order chi connectivity index (χ0) is 14.0. The van der Waals surface area contributed by atoms with Crippen molar-refractivity contribution in [3.63, 3.8) is 0 Å². The van der Waals surface area contributed by atoms with E-state index in [1.54, 1.807) is 18.2 Å². The SMILES string of the molecule is CC(C)Oc1ccc2nc(C(F)F)cc(NN)c2c1. The zero-order valence-electron chi connectivity index (χ0n) is 10.7. The maximum Gasteiger partial charge on any atom is 0.280 e. The number of pyridine rings is 1. The van der Waals surface area contributed by atoms with E-state index in [1.807, 2.05) is 13.8 Å². The lowest BCUT2D eigenvalue weighted by molar-refractivity contribution is 0.146. The second-order valence-electron chi connectivity index (χ2n) is 4.39. The second-order valence-corrected chi connectivity index (χ2v) is 4.39. The second kappa shape index (κ2) is 5.36. The molecular formula is C13H15F2N3O. The van der Waals surface area contributed by atoms with Gasteiger partial charge in [0.25, 0.3) is 6.43 Å². The van der Waals surface area contributed by atoms with Crippen LogP contribution in [0.5, 0.6) is 5.75 Å². The molecular weight excluding hydrogens is 252 g/mol. The number of nitrogens with one attached hydrogen (secondary N) is 1. The summed E-state index contributed by atoms with van der Waals surface area (Å²) in [5.41, 5.74) is 2.95. The highest BCUT2D eigenvalue weighted by Gasteiger charge is 2.13. The van der Waals surface area contributed by atoms with Crippen molar-refractivity contribution in [1.82, 2.24) is 4.98 Å². The molecule has 0 aliphatic carbocycles. The summed E-state index contributed by atoms with van der Waals surface area (Å²) >= 11 is 0. The first-order valence-electron chi connectivity index (χ1n) is 5.87. The van der Waals surface area contributed by atoms with Gasteiger partial charge in [-0.15, -0.1) is 0 Å². The predicted octanol–water partition coefficient (Wildman–Crippen LogP) is 3.25. The quantitative estimate of drug-likeness (QED) is 0.659. The van der Waals surface area contributed by atoms with Crippen LogP contribution in [0.15, 0.2) is 24.3 Å². The molecule has 0 aliphatic heterocycles. The summed E-state index contributed by atoms with van der Waals surface area (Å²) in [6.45, 7) is 3.81. The van der Waals surface area contributed by atoms with Crippen molar-refractivity contribution >= 4 is 16.6 Å². The normalized spacial score (nSPS) is 11.3. The van der Waals surface area contributed by atoms with Crippen molar-refractivity contribution in [3.05, 3.63) is 30.0 Å². The molecule has 0 amide bonds. The third kappa shape index (κ3) is 2.90. The number of alkyl halides is 2. The summed E-state index contributed by atoms with van der Waals surface area (Å²) in [6, 6.07) is 6.31. The summed E-state index contributed by atoms with van der Waals surface area (Å²) in [5.74, 6) is 6.02. The van der Waals surface area contributed by atoms with Crippen molar-refractivity contribution in [2.24, 2.45) is 5.84 Å². The van der Waals surface area contributed by atoms with Gasteiger partial charge < -0.3 is 10.2 Å². The van der Waals surface area contributed by atoms with Gasteiger partial charge in [-0.3, -0.25) is 5.84 Å². The van der Waals surface area contributed by atoms with E-state index in [-0.39, 0.29) is 11.8 Å². The van der Waals surface area contributed by atoms with Crippen LogP contribution in [0.2, 0.25) is 0 Å². The Morgan fingerprint density at radius 3 is 2.58 bits per heavy atom. The Labute approximate surface area is 109 Å². The number of halogens is 2. The van der Waals surface area contributed by atoms with Gasteiger partial charge in [0.15, 0.2) is 0 Å². The molecule has 19 heavy (non-hydrogen) atoms. The van der Waals surface area contributed by atoms with Gasteiger partial charge in [0, 0.05) is 5.39 Å². The summed E-state index contributed by atoms with van der Waals surface area (Å²) in [4.78, 5) is 3.90. The third-order valence-electron chi connectivity index (χ3n) is 2.55. The number of rotatable bonds is 4. The van der Waals surface area contributed by atoms with Gasteiger partial charge in [0.2, 0.25) is 0 Å². The average Bonchev–Trinajstić information content (AvgIpc) is 2.36. The predicted molar refractivity (Wildman–Crippen MR) is 70.3 cm³/mol. The van der Waals surface area contributed by atoms with Gasteiger partial charge in [-0.1, -0.05) is 0 Å². The maximum absolute atomic E-state index is 12.7. The van der Waals surface area contributed by atoms with Crippen LogP contribution in [0, 0.1) is 0 Å². The first-order chi connectivity index (χ1) is 9.01. The van der Waals surface area contributed by atoms with Crippen LogP contribution in [0.1, 0.15) is 26.0 Å². The lowest BCUT2D eigenvalue weighted by atomic mass is 10.1. The minimum Gasteiger partial charge on any atom is -0.491 e. The first kappa shape index (κ1) is 13.5. The highest BCUT2D eigenvalue weighted by Crippen LogP contribution is 2.30. The van der Waals surface area contributed by atoms with Crippen molar-refractivity contribution in [2.45, 2.75) is 26.4 Å². The molecule has 2 rings (SSSR count). The summed E-state index contributed by atoms with van der Waals surface area (Å²) < 4.78 is 31.0. The Morgan fingerprint density at radius 1 is 1.26 bits per heavy atom. The Bertz CT molecular complexity index is 587. The number of nitrogen functional groups attached to an aromatic ring is 1. The fraction of sp³-hybridized carbons (Fsp3) is 0.308. The molecule has 0 aliphatic rings. The van der Waals surface area contributed by atoms with Crippen LogP contribution in [0.3, 0.4) is 0 Å². The van der Waals surface area contributed by atoms with Crippen LogP contribution in [0.4, 0.5) is 14.5 Å². The van der Waals surface area contributed by atoms with E-state index in [0.717, 1.165) is 0 Å². The van der Waals surface area contributed by atoms with Crippen LogP contribution in [-0.2, 0) is 0 Å². The molecule has 0 unspecified atom stereocenters. The van der Waals surface area contributed by atoms with E-state index in [0.29, 0.717) is 22.3 Å². The Hall–Kier alpha value is -1.95. The van der Waals surface area contributed by atoms with E-state index < -0.39 is 6.43 Å². The molecule has 0 atom stereocenters. The zero-order valence-corrected chi connectivity index (χ0v) is 10.7. The molecule has 0 saturated carbocycles. The molecule has 1 heterocycles. The molecule has 3 N–H and O–H groups in total. The molecule has 6 heteroatoms. The molecule has 102 valence electrons. The van der Waals surface area contributed by atoms with Gasteiger partial charge in [-0.05, 0) is 38.1 Å². The van der Waals surface area contributed by atoms with Crippen LogP contribution in [0.25, 0.3) is 10.9 Å². The Kier molecular flexibility index (Phi) is 3.80. The maximum atomic E-state index is 12.7. The number of nitrogens with two attached hydrogens (primary N) is 1. The highest BCUT2D eigenvalue weighted by molar-refractivity contribution is 5.92. The average molecular weight is 267 g/mol. The molecule has 0 saturated heterocycles. The largest absolute Gasteiger partial charge is 0.491 e. The van der Waals surface area contributed by atoms with E-state index in [2.05, 4.69) is 10.4 Å². The van der Waals surface area contributed by atoms with E-state index in [9.17, 15) is 8.78 Å². The lowest BCUT2D eigenvalue weighted by Gasteiger charge is -2.13. The number of hydrogen-bond donors (Lipinski definition) is 2. The van der Waals surface area contributed by atoms with Gasteiger partial charge in [-0.25, -0.2) is 13.8 Å². The van der Waals surface area contributed by atoms with Gasteiger partial charge in [0.05, 0.1) is 17.3 Å². The highest BCUT2D eigenvalue weighted by atomic mass is 19.3. The van der Waals surface area contributed by atoms with Crippen LogP contribution >= 0.6 is 0 Å². The number of anilines is 1. The van der Waals surface area contributed by atoms with Crippen LogP contribution in [-0.4, -0.2) is 11.1 Å². The topological polar surface area (TPSA) is 60.2 Å². The molecule has 2 aromatic rings. The summed E-state index contributed by atoms with van der Waals surface area (Å²) in [6.07, 6.45) is -2.61. The smallest absolute Gasteiger partial charge is 0.280 e.